The van der Waals surface area contributed by atoms with Gasteiger partial charge < -0.3 is 10.6 Å². The van der Waals surface area contributed by atoms with E-state index in [1.165, 1.54) is 35.9 Å². The van der Waals surface area contributed by atoms with E-state index in [-0.39, 0.29) is 5.91 Å². The second kappa shape index (κ2) is 8.77. The first-order valence-corrected chi connectivity index (χ1v) is 11.2. The van der Waals surface area contributed by atoms with Crippen LogP contribution in [0.15, 0.2) is 68.7 Å². The van der Waals surface area contributed by atoms with Gasteiger partial charge in [0.05, 0.1) is 11.4 Å². The van der Waals surface area contributed by atoms with Gasteiger partial charge in [0, 0.05) is 15.8 Å². The van der Waals surface area contributed by atoms with Crippen LogP contribution in [-0.4, -0.2) is 27.9 Å². The summed E-state index contributed by atoms with van der Waals surface area (Å²) in [5, 5.41) is 15.4. The van der Waals surface area contributed by atoms with Crippen molar-refractivity contribution in [3.63, 3.8) is 0 Å². The van der Waals surface area contributed by atoms with Crippen molar-refractivity contribution in [3.8, 4) is 0 Å². The van der Waals surface area contributed by atoms with Crippen LogP contribution in [0.25, 0.3) is 0 Å². The molecule has 0 aliphatic heterocycles. The van der Waals surface area contributed by atoms with Crippen LogP contribution in [0.3, 0.4) is 0 Å². The number of para-hydroxylation sites is 1. The quantitative estimate of drug-likeness (QED) is 0.506. The summed E-state index contributed by atoms with van der Waals surface area (Å²) >= 11 is 4.55. The van der Waals surface area contributed by atoms with Gasteiger partial charge in [0.15, 0.2) is 4.34 Å². The highest BCUT2D eigenvalue weighted by atomic mass is 32.2. The van der Waals surface area contributed by atoms with Gasteiger partial charge in [0.2, 0.25) is 11.0 Å². The molecule has 1 aliphatic rings. The first-order chi connectivity index (χ1) is 13.3. The molecule has 0 atom stereocenters. The maximum absolute atomic E-state index is 12.4. The van der Waals surface area contributed by atoms with E-state index in [1.54, 1.807) is 11.8 Å². The summed E-state index contributed by atoms with van der Waals surface area (Å²) in [5.74, 6) is 0.260. The lowest BCUT2D eigenvalue weighted by atomic mass is 10.3. The molecule has 1 aliphatic carbocycles. The van der Waals surface area contributed by atoms with Crippen molar-refractivity contribution in [2.24, 2.45) is 0 Å². The molecule has 138 valence electrons. The Labute approximate surface area is 170 Å². The Hall–Kier alpha value is -2.03. The van der Waals surface area contributed by atoms with Crippen molar-refractivity contribution in [1.82, 2.24) is 10.2 Å². The van der Waals surface area contributed by atoms with Crippen LogP contribution in [0.2, 0.25) is 0 Å². The fraction of sp³-hybridized carbons (Fsp3) is 0.211. The zero-order valence-corrected chi connectivity index (χ0v) is 16.9. The number of nitrogens with one attached hydrogen (secondary N) is 2. The average molecular weight is 415 g/mol. The molecule has 0 radical (unpaired) electrons. The largest absolute Gasteiger partial charge is 0.357 e. The Kier molecular flexibility index (Phi) is 5.96. The standard InChI is InChI=1S/C19H18N4OS3/c24-17(12-25-19-23-22-18(27-19)20-13-10-11-13)21-15-8-4-5-9-16(15)26-14-6-2-1-3-7-14/h1-9,13H,10-12H2,(H,20,22)(H,21,24). The monoisotopic (exact) mass is 414 g/mol. The van der Waals surface area contributed by atoms with Crippen molar-refractivity contribution in [2.75, 3.05) is 16.4 Å². The molecule has 2 aromatic carbocycles. The number of hydrogen-bond acceptors (Lipinski definition) is 7. The Balaban J connectivity index is 1.33. The molecule has 27 heavy (non-hydrogen) atoms. The molecule has 3 aromatic rings. The van der Waals surface area contributed by atoms with E-state index in [2.05, 4.69) is 33.0 Å². The van der Waals surface area contributed by atoms with E-state index >= 15 is 0 Å². The zero-order valence-electron chi connectivity index (χ0n) is 14.4. The first kappa shape index (κ1) is 18.3. The lowest BCUT2D eigenvalue weighted by Crippen LogP contribution is -2.14. The van der Waals surface area contributed by atoms with Gasteiger partial charge in [-0.2, -0.15) is 0 Å². The number of thioether (sulfide) groups is 1. The number of carbonyl (C=O) groups is 1. The molecule has 5 nitrogen and oxygen atoms in total. The molecule has 1 fully saturated rings. The molecule has 1 saturated carbocycles. The van der Waals surface area contributed by atoms with Crippen molar-refractivity contribution in [3.05, 3.63) is 54.6 Å². The van der Waals surface area contributed by atoms with Gasteiger partial charge in [-0.15, -0.1) is 10.2 Å². The normalized spacial score (nSPS) is 13.3. The fourth-order valence-corrected chi connectivity index (χ4v) is 4.87. The third-order valence-corrected chi connectivity index (χ3v) is 6.84. The van der Waals surface area contributed by atoms with Crippen LogP contribution < -0.4 is 10.6 Å². The second-order valence-electron chi connectivity index (χ2n) is 6.04. The van der Waals surface area contributed by atoms with Gasteiger partial charge in [-0.05, 0) is 37.1 Å². The highest BCUT2D eigenvalue weighted by Crippen LogP contribution is 2.34. The van der Waals surface area contributed by atoms with Crippen LogP contribution >= 0.6 is 34.9 Å². The number of carbonyl (C=O) groups excluding carboxylic acids is 1. The lowest BCUT2D eigenvalue weighted by molar-refractivity contribution is -0.113. The Morgan fingerprint density at radius 3 is 2.67 bits per heavy atom. The Morgan fingerprint density at radius 1 is 1.07 bits per heavy atom. The van der Waals surface area contributed by atoms with E-state index in [9.17, 15) is 4.79 Å². The summed E-state index contributed by atoms with van der Waals surface area (Å²) < 4.78 is 0.806. The van der Waals surface area contributed by atoms with E-state index in [1.807, 2.05) is 42.5 Å². The molecular weight excluding hydrogens is 396 g/mol. The fourth-order valence-electron chi connectivity index (χ4n) is 2.32. The lowest BCUT2D eigenvalue weighted by Gasteiger charge is -2.10. The van der Waals surface area contributed by atoms with E-state index in [4.69, 9.17) is 0 Å². The van der Waals surface area contributed by atoms with Gasteiger partial charge >= 0.3 is 0 Å². The highest BCUT2D eigenvalue weighted by Gasteiger charge is 2.22. The molecule has 4 rings (SSSR count). The Morgan fingerprint density at radius 2 is 1.85 bits per heavy atom. The molecule has 1 heterocycles. The van der Waals surface area contributed by atoms with Crippen LogP contribution in [0, 0.1) is 0 Å². The summed E-state index contributed by atoms with van der Waals surface area (Å²) in [4.78, 5) is 14.5. The molecule has 2 N–H and O–H groups in total. The number of hydrogen-bond donors (Lipinski definition) is 2. The van der Waals surface area contributed by atoms with Crippen LogP contribution in [0.5, 0.6) is 0 Å². The average Bonchev–Trinajstić information content (AvgIpc) is 3.38. The summed E-state index contributed by atoms with van der Waals surface area (Å²) in [7, 11) is 0. The van der Waals surface area contributed by atoms with E-state index in [0.717, 1.165) is 24.9 Å². The topological polar surface area (TPSA) is 66.9 Å². The number of benzene rings is 2. The van der Waals surface area contributed by atoms with Crippen molar-refractivity contribution in [2.45, 2.75) is 33.0 Å². The maximum atomic E-state index is 12.4. The van der Waals surface area contributed by atoms with Gasteiger partial charge in [0.25, 0.3) is 0 Å². The Bertz CT molecular complexity index is 912. The van der Waals surface area contributed by atoms with Crippen LogP contribution in [-0.2, 0) is 4.79 Å². The number of anilines is 2. The van der Waals surface area contributed by atoms with Crippen molar-refractivity contribution < 1.29 is 4.79 Å². The molecule has 8 heteroatoms. The molecule has 1 aromatic heterocycles. The third-order valence-electron chi connectivity index (χ3n) is 3.77. The van der Waals surface area contributed by atoms with E-state index in [0.29, 0.717) is 11.8 Å². The van der Waals surface area contributed by atoms with Crippen LogP contribution in [0.1, 0.15) is 12.8 Å². The predicted octanol–water partition coefficient (Wildman–Crippen LogP) is 4.99. The smallest absolute Gasteiger partial charge is 0.234 e. The van der Waals surface area contributed by atoms with Crippen LogP contribution in [0.4, 0.5) is 10.8 Å². The second-order valence-corrected chi connectivity index (χ2v) is 9.36. The summed E-state index contributed by atoms with van der Waals surface area (Å²) in [6.07, 6.45) is 2.40. The number of aromatic nitrogens is 2. The predicted molar refractivity (Wildman–Crippen MR) is 113 cm³/mol. The van der Waals surface area contributed by atoms with Gasteiger partial charge in [-0.1, -0.05) is 65.2 Å². The minimum absolute atomic E-state index is 0.0481. The maximum Gasteiger partial charge on any atom is 0.234 e. The van der Waals surface area contributed by atoms with Gasteiger partial charge in [0.1, 0.15) is 0 Å². The number of rotatable bonds is 8. The molecule has 0 unspecified atom stereocenters. The summed E-state index contributed by atoms with van der Waals surface area (Å²) in [6, 6.07) is 18.5. The van der Waals surface area contributed by atoms with Crippen molar-refractivity contribution >= 4 is 51.6 Å². The molecule has 0 bridgehead atoms. The van der Waals surface area contributed by atoms with E-state index < -0.39 is 0 Å². The highest BCUT2D eigenvalue weighted by molar-refractivity contribution is 8.01. The minimum atomic E-state index is -0.0481. The summed E-state index contributed by atoms with van der Waals surface area (Å²) in [5.41, 5.74) is 0.824. The molecular formula is C19H18N4OS3. The SMILES string of the molecule is O=C(CSc1nnc(NC2CC2)s1)Nc1ccccc1Sc1ccccc1. The molecule has 0 spiro atoms. The molecule has 0 saturated heterocycles. The minimum Gasteiger partial charge on any atom is -0.357 e. The number of amides is 1. The van der Waals surface area contributed by atoms with Gasteiger partial charge in [-0.25, -0.2) is 0 Å². The third kappa shape index (κ3) is 5.47. The first-order valence-electron chi connectivity index (χ1n) is 8.61. The summed E-state index contributed by atoms with van der Waals surface area (Å²) in [6.45, 7) is 0. The molecule has 1 amide bonds. The zero-order chi connectivity index (χ0) is 18.5. The van der Waals surface area contributed by atoms with Crippen molar-refractivity contribution in [1.29, 1.82) is 0 Å². The number of nitrogens with zero attached hydrogens (tertiary/aromatic N) is 2. The van der Waals surface area contributed by atoms with Gasteiger partial charge in [-0.3, -0.25) is 4.79 Å².